The summed E-state index contributed by atoms with van der Waals surface area (Å²) < 4.78 is 5.29. The molecule has 1 aromatic carbocycles. The van der Waals surface area contributed by atoms with Gasteiger partial charge in [-0.15, -0.1) is 11.3 Å². The molecule has 3 aromatic rings. The van der Waals surface area contributed by atoms with E-state index in [0.717, 1.165) is 28.7 Å². The van der Waals surface area contributed by atoms with Crippen molar-refractivity contribution in [1.82, 2.24) is 15.0 Å². The molecule has 1 saturated heterocycles. The number of hydrogen-bond donors (Lipinski definition) is 0. The lowest BCUT2D eigenvalue weighted by atomic mass is 10.2. The van der Waals surface area contributed by atoms with Gasteiger partial charge in [0, 0.05) is 39.0 Å². The molecular weight excluding hydrogens is 396 g/mol. The summed E-state index contributed by atoms with van der Waals surface area (Å²) in [6.45, 7) is 3.02. The summed E-state index contributed by atoms with van der Waals surface area (Å²) in [5.74, 6) is 1.38. The van der Waals surface area contributed by atoms with Crippen LogP contribution in [0.2, 0.25) is 5.02 Å². The number of rotatable bonds is 6. The van der Waals surface area contributed by atoms with Crippen molar-refractivity contribution in [3.63, 3.8) is 0 Å². The molecule has 1 fully saturated rings. The number of hydrogen-bond acceptors (Lipinski definition) is 6. The van der Waals surface area contributed by atoms with Gasteiger partial charge in [-0.2, -0.15) is 4.98 Å². The summed E-state index contributed by atoms with van der Waals surface area (Å²) in [4.78, 5) is 22.1. The normalized spacial score (nSPS) is 14.5. The molecule has 146 valence electrons. The van der Waals surface area contributed by atoms with E-state index in [9.17, 15) is 4.79 Å². The number of amides is 1. The SMILES string of the molecule is O=C(CCCc1nc(-c2cccs2)no1)N1CCN(c2ccccc2Cl)CC1. The molecule has 8 heteroatoms. The zero-order valence-corrected chi connectivity index (χ0v) is 17.0. The fraction of sp³-hybridized carbons (Fsp3) is 0.350. The second kappa shape index (κ2) is 8.75. The molecule has 0 atom stereocenters. The molecule has 0 radical (unpaired) electrons. The number of carbonyl (C=O) groups excluding carboxylic acids is 1. The van der Waals surface area contributed by atoms with Crippen LogP contribution in [0.5, 0.6) is 0 Å². The van der Waals surface area contributed by atoms with Gasteiger partial charge in [0.15, 0.2) is 0 Å². The number of aromatic nitrogens is 2. The van der Waals surface area contributed by atoms with Gasteiger partial charge < -0.3 is 14.3 Å². The van der Waals surface area contributed by atoms with Crippen LogP contribution in [0.3, 0.4) is 0 Å². The third-order valence-corrected chi connectivity index (χ3v) is 6.00. The van der Waals surface area contributed by atoms with Gasteiger partial charge in [0.25, 0.3) is 0 Å². The predicted molar refractivity (Wildman–Crippen MR) is 111 cm³/mol. The molecule has 4 rings (SSSR count). The van der Waals surface area contributed by atoms with Gasteiger partial charge >= 0.3 is 0 Å². The Morgan fingerprint density at radius 3 is 2.71 bits per heavy atom. The van der Waals surface area contributed by atoms with Crippen molar-refractivity contribution < 1.29 is 9.32 Å². The van der Waals surface area contributed by atoms with Crippen molar-refractivity contribution in [1.29, 1.82) is 0 Å². The maximum Gasteiger partial charge on any atom is 0.226 e. The fourth-order valence-electron chi connectivity index (χ4n) is 3.32. The average Bonchev–Trinajstić information content (AvgIpc) is 3.40. The van der Waals surface area contributed by atoms with Crippen LogP contribution in [0.1, 0.15) is 18.7 Å². The molecule has 0 saturated carbocycles. The van der Waals surface area contributed by atoms with E-state index in [2.05, 4.69) is 15.0 Å². The molecule has 1 aliphatic rings. The zero-order valence-electron chi connectivity index (χ0n) is 15.4. The van der Waals surface area contributed by atoms with E-state index < -0.39 is 0 Å². The molecule has 3 heterocycles. The highest BCUT2D eigenvalue weighted by molar-refractivity contribution is 7.13. The van der Waals surface area contributed by atoms with Crippen LogP contribution in [0, 0.1) is 0 Å². The quantitative estimate of drug-likeness (QED) is 0.604. The minimum atomic E-state index is 0.178. The number of halogens is 1. The Morgan fingerprint density at radius 2 is 1.96 bits per heavy atom. The Kier molecular flexibility index (Phi) is 5.92. The van der Waals surface area contributed by atoms with Crippen molar-refractivity contribution in [3.05, 3.63) is 52.7 Å². The molecular formula is C20H21ClN4O2S. The van der Waals surface area contributed by atoms with Crippen LogP contribution in [0.25, 0.3) is 10.7 Å². The number of carbonyl (C=O) groups is 1. The molecule has 0 N–H and O–H groups in total. The third kappa shape index (κ3) is 4.36. The van der Waals surface area contributed by atoms with Gasteiger partial charge in [0.05, 0.1) is 15.6 Å². The summed E-state index contributed by atoms with van der Waals surface area (Å²) in [5, 5.41) is 6.74. The van der Waals surface area contributed by atoms with Crippen LogP contribution in [0.4, 0.5) is 5.69 Å². The Hall–Kier alpha value is -2.38. The van der Waals surface area contributed by atoms with Crippen LogP contribution in [-0.2, 0) is 11.2 Å². The molecule has 0 spiro atoms. The maximum absolute atomic E-state index is 12.5. The molecule has 6 nitrogen and oxygen atoms in total. The monoisotopic (exact) mass is 416 g/mol. The summed E-state index contributed by atoms with van der Waals surface area (Å²) in [6, 6.07) is 11.8. The summed E-state index contributed by atoms with van der Waals surface area (Å²) >= 11 is 7.85. The Labute approximate surface area is 172 Å². The summed E-state index contributed by atoms with van der Waals surface area (Å²) in [7, 11) is 0. The maximum atomic E-state index is 12.5. The highest BCUT2D eigenvalue weighted by Crippen LogP contribution is 2.26. The topological polar surface area (TPSA) is 62.5 Å². The molecule has 28 heavy (non-hydrogen) atoms. The average molecular weight is 417 g/mol. The van der Waals surface area contributed by atoms with Crippen LogP contribution in [-0.4, -0.2) is 47.1 Å². The van der Waals surface area contributed by atoms with Gasteiger partial charge in [-0.05, 0) is 30.0 Å². The zero-order chi connectivity index (χ0) is 19.3. The van der Waals surface area contributed by atoms with Crippen molar-refractivity contribution in [2.24, 2.45) is 0 Å². The number of benzene rings is 1. The molecule has 2 aromatic heterocycles. The standard InChI is InChI=1S/C20H21ClN4O2S/c21-15-5-1-2-6-16(15)24-10-12-25(13-11-24)19(26)9-3-8-18-22-20(23-27-18)17-7-4-14-28-17/h1-2,4-7,14H,3,8-13H2. The largest absolute Gasteiger partial charge is 0.367 e. The van der Waals surface area contributed by atoms with E-state index in [1.54, 1.807) is 11.3 Å². The highest BCUT2D eigenvalue weighted by atomic mass is 35.5. The molecule has 0 bridgehead atoms. The predicted octanol–water partition coefficient (Wildman–Crippen LogP) is 4.12. The first kappa shape index (κ1) is 19.0. The van der Waals surface area contributed by atoms with Gasteiger partial charge in [0.1, 0.15) is 0 Å². The van der Waals surface area contributed by atoms with Crippen LogP contribution >= 0.6 is 22.9 Å². The summed E-state index contributed by atoms with van der Waals surface area (Å²) in [5.41, 5.74) is 1.04. The smallest absolute Gasteiger partial charge is 0.226 e. The lowest BCUT2D eigenvalue weighted by Gasteiger charge is -2.36. The number of aryl methyl sites for hydroxylation is 1. The first-order chi connectivity index (χ1) is 13.7. The van der Waals surface area contributed by atoms with E-state index in [4.69, 9.17) is 16.1 Å². The van der Waals surface area contributed by atoms with Gasteiger partial charge in [-0.1, -0.05) is 35.0 Å². The molecule has 1 aliphatic heterocycles. The van der Waals surface area contributed by atoms with E-state index in [1.807, 2.05) is 46.7 Å². The van der Waals surface area contributed by atoms with E-state index in [0.29, 0.717) is 44.1 Å². The third-order valence-electron chi connectivity index (χ3n) is 4.82. The van der Waals surface area contributed by atoms with Crippen molar-refractivity contribution in [2.75, 3.05) is 31.1 Å². The van der Waals surface area contributed by atoms with Crippen molar-refractivity contribution in [2.45, 2.75) is 19.3 Å². The first-order valence-electron chi connectivity index (χ1n) is 9.34. The molecule has 0 aliphatic carbocycles. The van der Waals surface area contributed by atoms with Gasteiger partial charge in [0.2, 0.25) is 17.6 Å². The number of anilines is 1. The number of para-hydroxylation sites is 1. The van der Waals surface area contributed by atoms with E-state index >= 15 is 0 Å². The van der Waals surface area contributed by atoms with Crippen LogP contribution < -0.4 is 4.90 Å². The highest BCUT2D eigenvalue weighted by Gasteiger charge is 2.22. The summed E-state index contributed by atoms with van der Waals surface area (Å²) in [6.07, 6.45) is 1.81. The van der Waals surface area contributed by atoms with Crippen LogP contribution in [0.15, 0.2) is 46.3 Å². The number of piperazine rings is 1. The Morgan fingerprint density at radius 1 is 1.14 bits per heavy atom. The second-order valence-corrected chi connectivity index (χ2v) is 8.02. The fourth-order valence-corrected chi connectivity index (χ4v) is 4.22. The van der Waals surface area contributed by atoms with Crippen molar-refractivity contribution in [3.8, 4) is 10.7 Å². The van der Waals surface area contributed by atoms with Gasteiger partial charge in [-0.3, -0.25) is 4.79 Å². The number of nitrogens with zero attached hydrogens (tertiary/aromatic N) is 4. The Balaban J connectivity index is 1.22. The van der Waals surface area contributed by atoms with Gasteiger partial charge in [-0.25, -0.2) is 0 Å². The minimum Gasteiger partial charge on any atom is -0.367 e. The van der Waals surface area contributed by atoms with E-state index in [-0.39, 0.29) is 5.91 Å². The minimum absolute atomic E-state index is 0.178. The molecule has 1 amide bonds. The Bertz CT molecular complexity index is 920. The van der Waals surface area contributed by atoms with E-state index in [1.165, 1.54) is 0 Å². The number of thiophene rings is 1. The lowest BCUT2D eigenvalue weighted by Crippen LogP contribution is -2.48. The second-order valence-electron chi connectivity index (χ2n) is 6.66. The van der Waals surface area contributed by atoms with Crippen molar-refractivity contribution >= 4 is 34.5 Å². The molecule has 0 unspecified atom stereocenters. The first-order valence-corrected chi connectivity index (χ1v) is 10.6. The lowest BCUT2D eigenvalue weighted by molar-refractivity contribution is -0.131.